The molecule has 0 aliphatic carbocycles. The summed E-state index contributed by atoms with van der Waals surface area (Å²) in [6, 6.07) is 8.63. The predicted octanol–water partition coefficient (Wildman–Crippen LogP) is 2.55. The molecule has 0 saturated heterocycles. The highest BCUT2D eigenvalue weighted by Gasteiger charge is 2.02. The minimum Gasteiger partial charge on any atom is -0.372 e. The molecule has 0 aliphatic rings. The van der Waals surface area contributed by atoms with Crippen LogP contribution in [0.15, 0.2) is 24.3 Å². The first-order chi connectivity index (χ1) is 6.69. The van der Waals surface area contributed by atoms with Crippen LogP contribution in [0.1, 0.15) is 32.4 Å². The Balaban J connectivity index is 2.81. The quantitative estimate of drug-likeness (QED) is 0.794. The smallest absolute Gasteiger partial charge is 0.0366 e. The van der Waals surface area contributed by atoms with Gasteiger partial charge in [0.2, 0.25) is 0 Å². The highest BCUT2D eigenvalue weighted by Crippen LogP contribution is 2.17. The maximum Gasteiger partial charge on any atom is 0.0366 e. The molecule has 1 rings (SSSR count). The van der Waals surface area contributed by atoms with Crippen LogP contribution in [0.25, 0.3) is 0 Å². The number of benzene rings is 1. The van der Waals surface area contributed by atoms with Crippen LogP contribution in [0.5, 0.6) is 0 Å². The summed E-state index contributed by atoms with van der Waals surface area (Å²) in [7, 11) is 0. The molecule has 0 unspecified atom stereocenters. The highest BCUT2D eigenvalue weighted by molar-refractivity contribution is 5.47. The van der Waals surface area contributed by atoms with Crippen molar-refractivity contribution in [2.24, 2.45) is 5.73 Å². The van der Waals surface area contributed by atoms with Crippen molar-refractivity contribution in [3.05, 3.63) is 29.8 Å². The molecule has 0 saturated carbocycles. The van der Waals surface area contributed by atoms with Gasteiger partial charge in [-0.05, 0) is 38.5 Å². The van der Waals surface area contributed by atoms with E-state index in [9.17, 15) is 0 Å². The van der Waals surface area contributed by atoms with Crippen molar-refractivity contribution in [2.45, 2.75) is 26.8 Å². The molecule has 2 nitrogen and oxygen atoms in total. The van der Waals surface area contributed by atoms with Gasteiger partial charge >= 0.3 is 0 Å². The van der Waals surface area contributed by atoms with Gasteiger partial charge in [0.1, 0.15) is 0 Å². The lowest BCUT2D eigenvalue weighted by atomic mass is 10.1. The summed E-state index contributed by atoms with van der Waals surface area (Å²) in [5.41, 5.74) is 8.26. The molecule has 0 bridgehead atoms. The van der Waals surface area contributed by atoms with Crippen LogP contribution in [0.3, 0.4) is 0 Å². The zero-order valence-electron chi connectivity index (χ0n) is 9.33. The molecule has 0 aromatic heterocycles. The third-order valence-corrected chi connectivity index (χ3v) is 2.55. The fourth-order valence-electron chi connectivity index (χ4n) is 1.58. The van der Waals surface area contributed by atoms with Crippen LogP contribution in [0.2, 0.25) is 0 Å². The standard InChI is InChI=1S/C12H20N2/c1-4-14(5-2)12-8-6-11(7-9-12)10(3)13/h6-10H,4-5,13H2,1-3H3/t10-/m0/s1. The van der Waals surface area contributed by atoms with Gasteiger partial charge in [0.15, 0.2) is 0 Å². The average Bonchev–Trinajstić information content (AvgIpc) is 2.20. The Morgan fingerprint density at radius 3 is 2.00 bits per heavy atom. The van der Waals surface area contributed by atoms with Gasteiger partial charge in [-0.3, -0.25) is 0 Å². The van der Waals surface area contributed by atoms with E-state index in [1.807, 2.05) is 6.92 Å². The molecular formula is C12H20N2. The van der Waals surface area contributed by atoms with E-state index in [0.717, 1.165) is 13.1 Å². The minimum atomic E-state index is 0.126. The molecule has 78 valence electrons. The van der Waals surface area contributed by atoms with Crippen molar-refractivity contribution in [3.63, 3.8) is 0 Å². The number of nitrogens with two attached hydrogens (primary N) is 1. The van der Waals surface area contributed by atoms with E-state index in [1.165, 1.54) is 11.3 Å². The van der Waals surface area contributed by atoms with Crippen LogP contribution >= 0.6 is 0 Å². The third kappa shape index (κ3) is 2.48. The average molecular weight is 192 g/mol. The van der Waals surface area contributed by atoms with Gasteiger partial charge < -0.3 is 10.6 Å². The molecule has 2 N–H and O–H groups in total. The lowest BCUT2D eigenvalue weighted by Gasteiger charge is -2.21. The van der Waals surface area contributed by atoms with E-state index in [1.54, 1.807) is 0 Å². The normalized spacial score (nSPS) is 12.6. The van der Waals surface area contributed by atoms with E-state index in [0.29, 0.717) is 0 Å². The number of rotatable bonds is 4. The zero-order valence-corrected chi connectivity index (χ0v) is 9.33. The van der Waals surface area contributed by atoms with Crippen molar-refractivity contribution in [1.82, 2.24) is 0 Å². The SMILES string of the molecule is CCN(CC)c1ccc([C@H](C)N)cc1. The Hall–Kier alpha value is -1.02. The first kappa shape index (κ1) is 11.1. The lowest BCUT2D eigenvalue weighted by Crippen LogP contribution is -2.21. The van der Waals surface area contributed by atoms with E-state index in [4.69, 9.17) is 5.73 Å². The summed E-state index contributed by atoms with van der Waals surface area (Å²) < 4.78 is 0. The zero-order chi connectivity index (χ0) is 10.6. The van der Waals surface area contributed by atoms with Crippen LogP contribution in [-0.2, 0) is 0 Å². The predicted molar refractivity (Wildman–Crippen MR) is 62.6 cm³/mol. The summed E-state index contributed by atoms with van der Waals surface area (Å²) in [6.45, 7) is 8.44. The van der Waals surface area contributed by atoms with Crippen LogP contribution < -0.4 is 10.6 Å². The maximum atomic E-state index is 5.79. The Labute approximate surface area is 86.7 Å². The van der Waals surface area contributed by atoms with Crippen molar-refractivity contribution in [2.75, 3.05) is 18.0 Å². The minimum absolute atomic E-state index is 0.126. The molecular weight excluding hydrogens is 172 g/mol. The molecule has 2 heteroatoms. The highest BCUT2D eigenvalue weighted by atomic mass is 15.1. The van der Waals surface area contributed by atoms with E-state index < -0.39 is 0 Å². The van der Waals surface area contributed by atoms with Gasteiger partial charge in [0.05, 0.1) is 0 Å². The Bertz CT molecular complexity index is 260. The monoisotopic (exact) mass is 192 g/mol. The Kier molecular flexibility index (Phi) is 3.96. The summed E-state index contributed by atoms with van der Waals surface area (Å²) >= 11 is 0. The van der Waals surface area contributed by atoms with Gasteiger partial charge in [0, 0.05) is 24.8 Å². The summed E-state index contributed by atoms with van der Waals surface area (Å²) in [5.74, 6) is 0. The molecule has 1 atom stereocenters. The van der Waals surface area contributed by atoms with Gasteiger partial charge in [0.25, 0.3) is 0 Å². The first-order valence-corrected chi connectivity index (χ1v) is 5.29. The topological polar surface area (TPSA) is 29.3 Å². The fraction of sp³-hybridized carbons (Fsp3) is 0.500. The van der Waals surface area contributed by atoms with Crippen LogP contribution in [0, 0.1) is 0 Å². The number of nitrogens with zero attached hydrogens (tertiary/aromatic N) is 1. The number of hydrogen-bond acceptors (Lipinski definition) is 2. The second kappa shape index (κ2) is 5.01. The summed E-state index contributed by atoms with van der Waals surface area (Å²) in [4.78, 5) is 2.32. The Morgan fingerprint density at radius 2 is 1.64 bits per heavy atom. The molecule has 0 aliphatic heterocycles. The maximum absolute atomic E-state index is 5.79. The largest absolute Gasteiger partial charge is 0.372 e. The van der Waals surface area contributed by atoms with Crippen LogP contribution in [0.4, 0.5) is 5.69 Å². The van der Waals surface area contributed by atoms with Crippen LogP contribution in [-0.4, -0.2) is 13.1 Å². The lowest BCUT2D eigenvalue weighted by molar-refractivity contribution is 0.815. The first-order valence-electron chi connectivity index (χ1n) is 5.29. The van der Waals surface area contributed by atoms with Gasteiger partial charge in [-0.15, -0.1) is 0 Å². The molecule has 0 amide bonds. The summed E-state index contributed by atoms with van der Waals surface area (Å²) in [5, 5.41) is 0. The molecule has 1 aromatic rings. The van der Waals surface area contributed by atoms with Crippen molar-refractivity contribution < 1.29 is 0 Å². The molecule has 0 spiro atoms. The van der Waals surface area contributed by atoms with Crippen molar-refractivity contribution in [1.29, 1.82) is 0 Å². The van der Waals surface area contributed by atoms with E-state index >= 15 is 0 Å². The second-order valence-corrected chi connectivity index (χ2v) is 3.55. The molecule has 0 radical (unpaired) electrons. The number of hydrogen-bond donors (Lipinski definition) is 1. The summed E-state index contributed by atoms with van der Waals surface area (Å²) in [6.07, 6.45) is 0. The van der Waals surface area contributed by atoms with Gasteiger partial charge in [-0.2, -0.15) is 0 Å². The second-order valence-electron chi connectivity index (χ2n) is 3.55. The molecule has 1 aromatic carbocycles. The molecule has 0 heterocycles. The molecule has 14 heavy (non-hydrogen) atoms. The van der Waals surface area contributed by atoms with Crippen molar-refractivity contribution >= 4 is 5.69 Å². The van der Waals surface area contributed by atoms with Gasteiger partial charge in [-0.25, -0.2) is 0 Å². The fourth-order valence-corrected chi connectivity index (χ4v) is 1.58. The van der Waals surface area contributed by atoms with Crippen molar-refractivity contribution in [3.8, 4) is 0 Å². The Morgan fingerprint density at radius 1 is 1.14 bits per heavy atom. The van der Waals surface area contributed by atoms with E-state index in [2.05, 4.69) is 43.0 Å². The van der Waals surface area contributed by atoms with E-state index in [-0.39, 0.29) is 6.04 Å². The third-order valence-electron chi connectivity index (χ3n) is 2.55. The molecule has 0 fully saturated rings. The van der Waals surface area contributed by atoms with Gasteiger partial charge in [-0.1, -0.05) is 12.1 Å². The number of anilines is 1.